The molecule has 0 saturated carbocycles. The Labute approximate surface area is 182 Å². The number of nitrogens with one attached hydrogen (secondary N) is 2. The first-order chi connectivity index (χ1) is 15.1. The molecule has 0 atom stereocenters. The van der Waals surface area contributed by atoms with Gasteiger partial charge in [-0.3, -0.25) is 4.79 Å². The summed E-state index contributed by atoms with van der Waals surface area (Å²) in [6.45, 7) is 0. The van der Waals surface area contributed by atoms with Gasteiger partial charge in [-0.2, -0.15) is 5.26 Å². The molecule has 0 saturated heterocycles. The highest BCUT2D eigenvalue weighted by atomic mass is 32.1. The van der Waals surface area contributed by atoms with Crippen LogP contribution in [0.15, 0.2) is 88.7 Å². The minimum Gasteiger partial charge on any atom is -0.493 e. The summed E-state index contributed by atoms with van der Waals surface area (Å²) in [7, 11) is 0. The van der Waals surface area contributed by atoms with Crippen LogP contribution in [-0.2, 0) is 0 Å². The van der Waals surface area contributed by atoms with Gasteiger partial charge in [0.2, 0.25) is 16.8 Å². The lowest BCUT2D eigenvalue weighted by molar-refractivity contribution is 0.103. The number of carbonyl (C=O) groups is 1. The van der Waals surface area contributed by atoms with Crippen LogP contribution in [0.3, 0.4) is 0 Å². The summed E-state index contributed by atoms with van der Waals surface area (Å²) in [4.78, 5) is 15.5. The number of hydrogen-bond donors (Lipinski definition) is 3. The second-order valence-corrected chi connectivity index (χ2v) is 6.96. The number of nitrogens with zero attached hydrogens (tertiary/aromatic N) is 3. The van der Waals surface area contributed by atoms with Crippen molar-refractivity contribution in [3.63, 3.8) is 0 Å². The van der Waals surface area contributed by atoms with Crippen LogP contribution in [0.1, 0.15) is 10.4 Å². The molecular weight excluding hydrogens is 410 g/mol. The first-order valence-corrected chi connectivity index (χ1v) is 9.63. The fourth-order valence-electron chi connectivity index (χ4n) is 3.11. The molecule has 7 nitrogen and oxygen atoms in total. The number of aromatic amines is 1. The summed E-state index contributed by atoms with van der Waals surface area (Å²) in [5, 5.41) is 32.4. The van der Waals surface area contributed by atoms with Crippen LogP contribution >= 0.6 is 12.2 Å². The molecule has 8 heteroatoms. The average molecular weight is 425 g/mol. The van der Waals surface area contributed by atoms with Crippen molar-refractivity contribution in [3.05, 3.63) is 84.1 Å². The number of ketones is 1. The van der Waals surface area contributed by atoms with Gasteiger partial charge in [0.05, 0.1) is 5.52 Å². The monoisotopic (exact) mass is 425 g/mol. The maximum Gasteiger partial charge on any atom is 0.218 e. The molecule has 0 bridgehead atoms. The van der Waals surface area contributed by atoms with E-state index in [0.717, 1.165) is 10.8 Å². The number of hydrogen-bond acceptors (Lipinski definition) is 5. The van der Waals surface area contributed by atoms with Gasteiger partial charge < -0.3 is 15.4 Å². The molecule has 0 unspecified atom stereocenters. The van der Waals surface area contributed by atoms with Crippen molar-refractivity contribution in [2.75, 3.05) is 0 Å². The van der Waals surface area contributed by atoms with Crippen molar-refractivity contribution in [2.24, 2.45) is 10.2 Å². The second-order valence-electron chi connectivity index (χ2n) is 6.58. The van der Waals surface area contributed by atoms with Crippen LogP contribution in [-0.4, -0.2) is 21.0 Å². The van der Waals surface area contributed by atoms with Crippen molar-refractivity contribution in [2.45, 2.75) is 0 Å². The van der Waals surface area contributed by atoms with E-state index < -0.39 is 5.78 Å². The zero-order valence-electron chi connectivity index (χ0n) is 16.0. The van der Waals surface area contributed by atoms with Crippen LogP contribution in [0.25, 0.3) is 21.7 Å². The van der Waals surface area contributed by atoms with Gasteiger partial charge in [-0.1, -0.05) is 54.6 Å². The highest BCUT2D eigenvalue weighted by Gasteiger charge is 2.13. The molecule has 0 spiro atoms. The summed E-state index contributed by atoms with van der Waals surface area (Å²) in [5.74, 6) is -0.567. The average Bonchev–Trinajstić information content (AvgIpc) is 3.12. The van der Waals surface area contributed by atoms with Crippen molar-refractivity contribution in [3.8, 4) is 11.9 Å². The molecule has 150 valence electrons. The van der Waals surface area contributed by atoms with E-state index >= 15 is 0 Å². The number of azo groups is 1. The van der Waals surface area contributed by atoms with Gasteiger partial charge >= 0.3 is 0 Å². The SMILES string of the molecule is N#CC(=CNC(=S)N=Nc1c(O)[nH]c2ccccc12)C(=O)c1ccc2ccccc2c1. The van der Waals surface area contributed by atoms with Gasteiger partial charge in [-0.25, -0.2) is 0 Å². The molecule has 0 aliphatic carbocycles. The first-order valence-electron chi connectivity index (χ1n) is 9.22. The summed E-state index contributed by atoms with van der Waals surface area (Å²) in [6, 6.07) is 22.0. The third-order valence-electron chi connectivity index (χ3n) is 4.62. The number of benzene rings is 3. The largest absolute Gasteiger partial charge is 0.493 e. The molecule has 4 aromatic rings. The standard InChI is InChI=1S/C23H15N5O2S/c24-12-17(21(29)16-10-9-14-5-1-2-6-15(14)11-16)13-25-23(31)28-27-20-18-7-3-4-8-19(18)26-22(20)30/h1-11,13,26,30H,(H,25,31). The fourth-order valence-corrected chi connectivity index (χ4v) is 3.21. The molecular formula is C23H15N5O2S. The smallest absolute Gasteiger partial charge is 0.218 e. The number of nitriles is 1. The normalized spacial score (nSPS) is 11.6. The molecule has 3 N–H and O–H groups in total. The van der Waals surface area contributed by atoms with E-state index in [9.17, 15) is 15.2 Å². The van der Waals surface area contributed by atoms with Crippen LogP contribution in [0.5, 0.6) is 5.88 Å². The maximum atomic E-state index is 12.7. The van der Waals surface area contributed by atoms with Gasteiger partial charge in [0, 0.05) is 17.1 Å². The molecule has 4 rings (SSSR count). The van der Waals surface area contributed by atoms with Crippen LogP contribution in [0.4, 0.5) is 5.69 Å². The van der Waals surface area contributed by atoms with Gasteiger partial charge in [0.1, 0.15) is 11.6 Å². The lowest BCUT2D eigenvalue weighted by Crippen LogP contribution is -2.14. The topological polar surface area (TPSA) is 114 Å². The second kappa shape index (κ2) is 8.57. The quantitative estimate of drug-likeness (QED) is 0.135. The predicted octanol–water partition coefficient (Wildman–Crippen LogP) is 5.28. The Morgan fingerprint density at radius 1 is 1.10 bits per heavy atom. The summed E-state index contributed by atoms with van der Waals surface area (Å²) in [6.07, 6.45) is 1.20. The number of carbonyl (C=O) groups excluding carboxylic acids is 1. The molecule has 0 aliphatic rings. The molecule has 1 aromatic heterocycles. The van der Waals surface area contributed by atoms with E-state index in [1.807, 2.05) is 48.5 Å². The molecule has 31 heavy (non-hydrogen) atoms. The number of Topliss-reactive ketones (excluding diaryl/α,β-unsaturated/α-hetero) is 1. The van der Waals surface area contributed by atoms with Crippen LogP contribution < -0.4 is 5.32 Å². The molecule has 1 heterocycles. The minimum absolute atomic E-state index is 0.0660. The third kappa shape index (κ3) is 4.17. The van der Waals surface area contributed by atoms with Gasteiger partial charge in [-0.15, -0.1) is 10.2 Å². The number of fused-ring (bicyclic) bond motifs is 2. The van der Waals surface area contributed by atoms with Crippen LogP contribution in [0, 0.1) is 11.3 Å². The first kappa shape index (κ1) is 19.9. The Bertz CT molecular complexity index is 1430. The van der Waals surface area contributed by atoms with Crippen molar-refractivity contribution >= 4 is 50.5 Å². The minimum atomic E-state index is -0.435. The Morgan fingerprint density at radius 3 is 2.65 bits per heavy atom. The van der Waals surface area contributed by atoms with E-state index in [0.29, 0.717) is 16.5 Å². The molecule has 0 aliphatic heterocycles. The lowest BCUT2D eigenvalue weighted by Gasteiger charge is -2.03. The zero-order valence-corrected chi connectivity index (χ0v) is 16.9. The zero-order chi connectivity index (χ0) is 21.8. The molecule has 0 fully saturated rings. The van der Waals surface area contributed by atoms with Crippen molar-refractivity contribution in [1.29, 1.82) is 5.26 Å². The van der Waals surface area contributed by atoms with E-state index in [1.165, 1.54) is 6.20 Å². The van der Waals surface area contributed by atoms with Crippen molar-refractivity contribution in [1.82, 2.24) is 10.3 Å². The molecule has 0 radical (unpaired) electrons. The van der Waals surface area contributed by atoms with Gasteiger partial charge in [0.25, 0.3) is 0 Å². The predicted molar refractivity (Wildman–Crippen MR) is 122 cm³/mol. The molecule has 0 amide bonds. The molecule has 3 aromatic carbocycles. The number of aromatic nitrogens is 1. The number of aromatic hydroxyl groups is 1. The third-order valence-corrected chi connectivity index (χ3v) is 4.82. The Balaban J connectivity index is 1.50. The van der Waals surface area contributed by atoms with E-state index in [4.69, 9.17) is 12.2 Å². The highest BCUT2D eigenvalue weighted by molar-refractivity contribution is 7.80. The number of para-hydroxylation sites is 1. The van der Waals surface area contributed by atoms with Gasteiger partial charge in [-0.05, 0) is 35.1 Å². The van der Waals surface area contributed by atoms with E-state index in [-0.39, 0.29) is 22.3 Å². The summed E-state index contributed by atoms with van der Waals surface area (Å²) >= 11 is 5.10. The highest BCUT2D eigenvalue weighted by Crippen LogP contribution is 2.35. The van der Waals surface area contributed by atoms with Gasteiger partial charge in [0.15, 0.2) is 5.69 Å². The Kier molecular flexibility index (Phi) is 5.51. The summed E-state index contributed by atoms with van der Waals surface area (Å²) < 4.78 is 0. The Hall–Kier alpha value is -4.35. The van der Waals surface area contributed by atoms with E-state index in [1.54, 1.807) is 24.3 Å². The van der Waals surface area contributed by atoms with Crippen molar-refractivity contribution < 1.29 is 9.90 Å². The maximum absolute atomic E-state index is 12.7. The lowest BCUT2D eigenvalue weighted by atomic mass is 10.0. The Morgan fingerprint density at radius 2 is 1.84 bits per heavy atom. The van der Waals surface area contributed by atoms with Crippen LogP contribution in [0.2, 0.25) is 0 Å². The number of allylic oxidation sites excluding steroid dienone is 1. The fraction of sp³-hybridized carbons (Fsp3) is 0. The van der Waals surface area contributed by atoms with E-state index in [2.05, 4.69) is 20.5 Å². The number of thiocarbonyl (C=S) groups is 1. The summed E-state index contributed by atoms with van der Waals surface area (Å²) in [5.41, 5.74) is 1.23. The number of rotatable bonds is 4. The number of H-pyrrole nitrogens is 1.